The van der Waals surface area contributed by atoms with Crippen molar-refractivity contribution in [3.8, 4) is 0 Å². The van der Waals surface area contributed by atoms with Crippen LogP contribution in [0.25, 0.3) is 0 Å². The maximum absolute atomic E-state index is 12.7. The molecule has 0 radical (unpaired) electrons. The van der Waals surface area contributed by atoms with Gasteiger partial charge in [0.25, 0.3) is 0 Å². The summed E-state index contributed by atoms with van der Waals surface area (Å²) in [5.74, 6) is 0.311. The first-order chi connectivity index (χ1) is 9.70. The van der Waals surface area contributed by atoms with Gasteiger partial charge in [-0.3, -0.25) is 0 Å². The Labute approximate surface area is 125 Å². The molecule has 0 aliphatic rings. The quantitative estimate of drug-likeness (QED) is 0.394. The van der Waals surface area contributed by atoms with E-state index in [-0.39, 0.29) is 11.3 Å². The van der Waals surface area contributed by atoms with Crippen molar-refractivity contribution in [1.82, 2.24) is 0 Å². The molecule has 0 saturated heterocycles. The van der Waals surface area contributed by atoms with Crippen LogP contribution >= 0.6 is 11.8 Å². The van der Waals surface area contributed by atoms with Crippen molar-refractivity contribution in [2.45, 2.75) is 13.1 Å². The molecule has 0 atom stereocenters. The first-order valence-electron chi connectivity index (χ1n) is 5.32. The number of alkyl halides is 3. The molecule has 1 N–H and O–H groups in total. The average molecular weight is 342 g/mol. The van der Waals surface area contributed by atoms with E-state index in [0.29, 0.717) is 5.94 Å². The number of halogens is 3. The molecule has 0 fully saturated rings. The topological polar surface area (TPSA) is 79.6 Å². The van der Waals surface area contributed by atoms with E-state index in [2.05, 4.69) is 5.16 Å². The lowest BCUT2D eigenvalue weighted by Crippen LogP contribution is -2.12. The third-order valence-electron chi connectivity index (χ3n) is 1.99. The Hall–Kier alpha value is -1.55. The summed E-state index contributed by atoms with van der Waals surface area (Å²) in [6, 6.07) is 5.30. The van der Waals surface area contributed by atoms with Gasteiger partial charge in [-0.1, -0.05) is 23.4 Å². The number of hydrogen-bond acceptors (Lipinski definition) is 6. The minimum absolute atomic E-state index is 0.0427. The van der Waals surface area contributed by atoms with Gasteiger partial charge in [0, 0.05) is 5.56 Å². The number of thioether (sulfide) groups is 1. The van der Waals surface area contributed by atoms with Gasteiger partial charge in [0.2, 0.25) is 0 Å². The van der Waals surface area contributed by atoms with Crippen LogP contribution in [0.15, 0.2) is 29.4 Å². The van der Waals surface area contributed by atoms with Crippen molar-refractivity contribution < 1.29 is 26.4 Å². The molecule has 0 saturated carbocycles. The highest BCUT2D eigenvalue weighted by Crippen LogP contribution is 2.32. The first kappa shape index (κ1) is 19.4. The van der Waals surface area contributed by atoms with E-state index in [4.69, 9.17) is 18.0 Å². The van der Waals surface area contributed by atoms with Crippen LogP contribution in [-0.2, 0) is 21.5 Å². The predicted octanol–water partition coefficient (Wildman–Crippen LogP) is 3.39. The molecule has 0 bridgehead atoms. The van der Waals surface area contributed by atoms with Crippen LogP contribution in [-0.4, -0.2) is 26.3 Å². The van der Waals surface area contributed by atoms with Gasteiger partial charge in [0.05, 0.1) is 11.3 Å². The molecule has 0 heterocycles. The van der Waals surface area contributed by atoms with Crippen molar-refractivity contribution in [3.05, 3.63) is 35.4 Å². The highest BCUT2D eigenvalue weighted by Gasteiger charge is 2.33. The fraction of sp³-hybridized carbons (Fsp3) is 0.364. The molecule has 0 unspecified atom stereocenters. The summed E-state index contributed by atoms with van der Waals surface area (Å²) >= 11 is 1.40. The monoisotopic (exact) mass is 342 g/mol. The standard InChI is InChI=1S/C11H12F3NOS.HNO2S/c1-8(15-16-7-17-2)9-5-3-4-6-10(9)11(12,13)14;1-4(2)3/h3-6H,7H2,1-2H3;1H/b15-8+;. The number of oxime groups is 1. The van der Waals surface area contributed by atoms with E-state index in [1.54, 1.807) is 0 Å². The molecule has 118 valence electrons. The molecule has 0 spiro atoms. The molecule has 1 aromatic carbocycles. The predicted molar refractivity (Wildman–Crippen MR) is 74.8 cm³/mol. The van der Waals surface area contributed by atoms with E-state index in [9.17, 15) is 13.2 Å². The molecule has 1 rings (SSSR count). The van der Waals surface area contributed by atoms with Crippen LogP contribution < -0.4 is 0 Å². The zero-order valence-electron chi connectivity index (χ0n) is 11.1. The van der Waals surface area contributed by atoms with Gasteiger partial charge >= 0.3 is 16.7 Å². The lowest BCUT2D eigenvalue weighted by atomic mass is 10.0. The molecule has 1 aromatic rings. The fourth-order valence-electron chi connectivity index (χ4n) is 1.27. The van der Waals surface area contributed by atoms with Gasteiger partial charge in [-0.2, -0.15) is 26.4 Å². The van der Waals surface area contributed by atoms with E-state index in [1.165, 1.54) is 36.9 Å². The van der Waals surface area contributed by atoms with Crippen molar-refractivity contribution in [2.24, 2.45) is 5.16 Å². The Morgan fingerprint density at radius 2 is 1.90 bits per heavy atom. The molecule has 0 aromatic heterocycles. The SMILES string of the molecule is CSCO/N=C(\C)c1ccccc1C(F)(F)F.N=S(=O)=O. The molecular formula is C11H13F3N2O3S2. The summed E-state index contributed by atoms with van der Waals surface area (Å²) in [5, 5.41) is 3.65. The lowest BCUT2D eigenvalue weighted by molar-refractivity contribution is -0.137. The van der Waals surface area contributed by atoms with Gasteiger partial charge in [0.1, 0.15) is 0 Å². The second-order valence-corrected chi connectivity index (χ2v) is 4.77. The number of hydrogen-bond donors (Lipinski definition) is 1. The largest absolute Gasteiger partial charge is 0.417 e. The second-order valence-electron chi connectivity index (χ2n) is 3.49. The van der Waals surface area contributed by atoms with Gasteiger partial charge in [-0.05, 0) is 19.2 Å². The van der Waals surface area contributed by atoms with Crippen molar-refractivity contribution in [2.75, 3.05) is 12.2 Å². The number of benzene rings is 1. The summed E-state index contributed by atoms with van der Waals surface area (Å²) in [7, 11) is -2.61. The van der Waals surface area contributed by atoms with E-state index < -0.39 is 22.2 Å². The fourth-order valence-corrected chi connectivity index (χ4v) is 1.43. The van der Waals surface area contributed by atoms with Crippen LogP contribution in [0.3, 0.4) is 0 Å². The van der Waals surface area contributed by atoms with Crippen LogP contribution in [0.2, 0.25) is 0 Å². The minimum atomic E-state index is -4.38. The first-order valence-corrected chi connectivity index (χ1v) is 7.79. The highest BCUT2D eigenvalue weighted by atomic mass is 32.2. The van der Waals surface area contributed by atoms with Crippen LogP contribution in [0.4, 0.5) is 13.2 Å². The molecule has 10 heteroatoms. The van der Waals surface area contributed by atoms with E-state index >= 15 is 0 Å². The summed E-state index contributed by atoms with van der Waals surface area (Å²) in [4.78, 5) is 4.85. The molecule has 0 aliphatic carbocycles. The Kier molecular flexibility index (Phi) is 8.70. The van der Waals surface area contributed by atoms with Gasteiger partial charge in [-0.15, -0.1) is 11.8 Å². The van der Waals surface area contributed by atoms with Crippen LogP contribution in [0.5, 0.6) is 0 Å². The Bertz CT molecular complexity index is 579. The molecule has 21 heavy (non-hydrogen) atoms. The van der Waals surface area contributed by atoms with Gasteiger partial charge in [0.15, 0.2) is 5.94 Å². The van der Waals surface area contributed by atoms with E-state index in [0.717, 1.165) is 6.07 Å². The van der Waals surface area contributed by atoms with Crippen molar-refractivity contribution in [3.63, 3.8) is 0 Å². The minimum Gasteiger partial charge on any atom is -0.385 e. The van der Waals surface area contributed by atoms with Crippen LogP contribution in [0.1, 0.15) is 18.1 Å². The molecule has 5 nitrogen and oxygen atoms in total. The smallest absolute Gasteiger partial charge is 0.385 e. The van der Waals surface area contributed by atoms with Crippen molar-refractivity contribution in [1.29, 1.82) is 4.78 Å². The number of nitrogens with zero attached hydrogens (tertiary/aromatic N) is 1. The molecular weight excluding hydrogens is 329 g/mol. The van der Waals surface area contributed by atoms with Crippen molar-refractivity contribution >= 4 is 28.0 Å². The van der Waals surface area contributed by atoms with E-state index in [1.807, 2.05) is 6.26 Å². The maximum atomic E-state index is 12.7. The zero-order valence-corrected chi connectivity index (χ0v) is 12.8. The highest BCUT2D eigenvalue weighted by molar-refractivity contribution is 7.98. The Morgan fingerprint density at radius 3 is 2.38 bits per heavy atom. The molecule has 0 amide bonds. The average Bonchev–Trinajstić information content (AvgIpc) is 2.37. The summed E-state index contributed by atoms with van der Waals surface area (Å²) in [6.07, 6.45) is -2.57. The van der Waals surface area contributed by atoms with Gasteiger partial charge in [-0.25, -0.2) is 0 Å². The normalized spacial score (nSPS) is 11.4. The second kappa shape index (κ2) is 9.40. The third-order valence-corrected chi connectivity index (χ3v) is 2.34. The summed E-state index contributed by atoms with van der Waals surface area (Å²) < 4.78 is 60.9. The van der Waals surface area contributed by atoms with Crippen LogP contribution in [0, 0.1) is 4.78 Å². The summed E-state index contributed by atoms with van der Waals surface area (Å²) in [6.45, 7) is 1.49. The maximum Gasteiger partial charge on any atom is 0.417 e. The Morgan fingerprint density at radius 1 is 1.38 bits per heavy atom. The number of rotatable bonds is 4. The van der Waals surface area contributed by atoms with Gasteiger partial charge < -0.3 is 4.84 Å². The summed E-state index contributed by atoms with van der Waals surface area (Å²) in [5.41, 5.74) is -0.443. The third kappa shape index (κ3) is 8.35. The Balaban J connectivity index is 0.000000885. The zero-order chi connectivity index (χ0) is 16.5. The number of nitrogens with one attached hydrogen (secondary N) is 1. The lowest BCUT2D eigenvalue weighted by Gasteiger charge is -2.11. The molecule has 0 aliphatic heterocycles.